The van der Waals surface area contributed by atoms with Crippen molar-refractivity contribution in [3.8, 4) is 0 Å². The third kappa shape index (κ3) is 4.40. The van der Waals surface area contributed by atoms with Crippen LogP contribution in [0.4, 0.5) is 4.79 Å². The van der Waals surface area contributed by atoms with E-state index < -0.39 is 5.97 Å². The Bertz CT molecular complexity index is 342. The van der Waals surface area contributed by atoms with Crippen LogP contribution in [0, 0.1) is 5.41 Å². The first-order valence-electron chi connectivity index (χ1n) is 7.04. The molecule has 1 rings (SSSR count). The van der Waals surface area contributed by atoms with Crippen LogP contribution in [0.15, 0.2) is 0 Å². The minimum Gasteiger partial charge on any atom is -0.480 e. The van der Waals surface area contributed by atoms with Gasteiger partial charge in [-0.25, -0.2) is 4.79 Å². The van der Waals surface area contributed by atoms with Crippen molar-refractivity contribution in [3.63, 3.8) is 0 Å². The first-order chi connectivity index (χ1) is 8.76. The number of hydrogen-bond acceptors (Lipinski definition) is 2. The molecule has 1 aliphatic heterocycles. The summed E-state index contributed by atoms with van der Waals surface area (Å²) in [6, 6.07) is -0.182. The molecule has 1 N–H and O–H groups in total. The van der Waals surface area contributed by atoms with Crippen molar-refractivity contribution in [2.45, 2.75) is 53.0 Å². The summed E-state index contributed by atoms with van der Waals surface area (Å²) >= 11 is 0. The molecule has 0 aromatic heterocycles. The van der Waals surface area contributed by atoms with Crippen LogP contribution in [0.25, 0.3) is 0 Å². The second-order valence-corrected chi connectivity index (χ2v) is 6.25. The normalized spacial score (nSPS) is 19.9. The van der Waals surface area contributed by atoms with Gasteiger partial charge in [0, 0.05) is 19.1 Å². The zero-order chi connectivity index (χ0) is 14.6. The Balaban J connectivity index is 2.78. The van der Waals surface area contributed by atoms with Gasteiger partial charge in [0.25, 0.3) is 0 Å². The van der Waals surface area contributed by atoms with E-state index in [1.807, 2.05) is 13.8 Å². The first kappa shape index (κ1) is 15.8. The molecule has 0 spiro atoms. The quantitative estimate of drug-likeness (QED) is 0.853. The fourth-order valence-corrected chi connectivity index (χ4v) is 2.55. The molecule has 0 aromatic carbocycles. The van der Waals surface area contributed by atoms with Gasteiger partial charge in [-0.05, 0) is 31.6 Å². The van der Waals surface area contributed by atoms with Crippen LogP contribution in [-0.2, 0) is 4.79 Å². The molecule has 1 atom stereocenters. The van der Waals surface area contributed by atoms with Crippen LogP contribution < -0.4 is 0 Å². The molecular weight excluding hydrogens is 244 g/mol. The van der Waals surface area contributed by atoms with Gasteiger partial charge in [0.05, 0.1) is 0 Å². The lowest BCUT2D eigenvalue weighted by Crippen LogP contribution is -2.53. The Morgan fingerprint density at radius 1 is 1.42 bits per heavy atom. The van der Waals surface area contributed by atoms with Gasteiger partial charge in [-0.1, -0.05) is 20.8 Å². The third-order valence-electron chi connectivity index (χ3n) is 3.85. The number of nitrogens with zero attached hydrogens (tertiary/aromatic N) is 2. The van der Waals surface area contributed by atoms with Crippen LogP contribution in [0.5, 0.6) is 0 Å². The van der Waals surface area contributed by atoms with E-state index in [0.29, 0.717) is 6.54 Å². The van der Waals surface area contributed by atoms with Crippen molar-refractivity contribution in [1.29, 1.82) is 0 Å². The topological polar surface area (TPSA) is 60.9 Å². The summed E-state index contributed by atoms with van der Waals surface area (Å²) in [5, 5.41) is 8.97. The van der Waals surface area contributed by atoms with Crippen molar-refractivity contribution in [3.05, 3.63) is 0 Å². The predicted molar refractivity (Wildman–Crippen MR) is 74.1 cm³/mol. The van der Waals surface area contributed by atoms with E-state index >= 15 is 0 Å². The standard InChI is InChI=1S/C14H26N2O3/c1-5-11(2)16(9-12(17)18)13(19)15-8-6-7-14(3,4)10-15/h11H,5-10H2,1-4H3,(H,17,18). The van der Waals surface area contributed by atoms with E-state index in [1.54, 1.807) is 4.90 Å². The summed E-state index contributed by atoms with van der Waals surface area (Å²) in [7, 11) is 0. The zero-order valence-corrected chi connectivity index (χ0v) is 12.5. The number of carboxylic acid groups (broad SMARTS) is 1. The summed E-state index contributed by atoms with van der Waals surface area (Å²) in [5.41, 5.74) is 0.123. The van der Waals surface area contributed by atoms with E-state index in [9.17, 15) is 9.59 Å². The van der Waals surface area contributed by atoms with E-state index in [2.05, 4.69) is 13.8 Å². The van der Waals surface area contributed by atoms with Crippen LogP contribution in [0.2, 0.25) is 0 Å². The van der Waals surface area contributed by atoms with E-state index in [-0.39, 0.29) is 24.0 Å². The van der Waals surface area contributed by atoms with Crippen molar-refractivity contribution in [2.24, 2.45) is 5.41 Å². The number of piperidine rings is 1. The number of aliphatic carboxylic acids is 1. The Kier molecular flexibility index (Phi) is 5.20. The largest absolute Gasteiger partial charge is 0.480 e. The van der Waals surface area contributed by atoms with Crippen molar-refractivity contribution in [2.75, 3.05) is 19.6 Å². The van der Waals surface area contributed by atoms with E-state index in [4.69, 9.17) is 5.11 Å². The summed E-state index contributed by atoms with van der Waals surface area (Å²) in [6.07, 6.45) is 2.86. The summed E-state index contributed by atoms with van der Waals surface area (Å²) in [4.78, 5) is 26.7. The molecule has 1 saturated heterocycles. The Hall–Kier alpha value is -1.26. The van der Waals surface area contributed by atoms with Gasteiger partial charge in [-0.3, -0.25) is 4.79 Å². The van der Waals surface area contributed by atoms with Crippen molar-refractivity contribution in [1.82, 2.24) is 9.80 Å². The van der Waals surface area contributed by atoms with Gasteiger partial charge in [0.2, 0.25) is 0 Å². The number of carboxylic acids is 1. The van der Waals surface area contributed by atoms with Crippen LogP contribution in [0.3, 0.4) is 0 Å². The molecule has 2 amide bonds. The van der Waals surface area contributed by atoms with E-state index in [1.165, 1.54) is 4.90 Å². The van der Waals surface area contributed by atoms with Crippen LogP contribution >= 0.6 is 0 Å². The first-order valence-corrected chi connectivity index (χ1v) is 7.04. The molecule has 1 fully saturated rings. The average molecular weight is 270 g/mol. The maximum absolute atomic E-state index is 12.5. The second-order valence-electron chi connectivity index (χ2n) is 6.25. The predicted octanol–water partition coefficient (Wildman–Crippen LogP) is 2.41. The van der Waals surface area contributed by atoms with Crippen LogP contribution in [-0.4, -0.2) is 52.6 Å². The number of amides is 2. The molecule has 0 radical (unpaired) electrons. The molecule has 1 heterocycles. The molecule has 0 aromatic rings. The average Bonchev–Trinajstić information content (AvgIpc) is 2.32. The molecule has 19 heavy (non-hydrogen) atoms. The van der Waals surface area contributed by atoms with Crippen molar-refractivity contribution >= 4 is 12.0 Å². The third-order valence-corrected chi connectivity index (χ3v) is 3.85. The lowest BCUT2D eigenvalue weighted by atomic mass is 9.84. The van der Waals surface area contributed by atoms with Gasteiger partial charge in [0.1, 0.15) is 6.54 Å². The number of likely N-dealkylation sites (tertiary alicyclic amines) is 1. The molecule has 0 saturated carbocycles. The summed E-state index contributed by atoms with van der Waals surface area (Å²) < 4.78 is 0. The maximum atomic E-state index is 12.5. The fraction of sp³-hybridized carbons (Fsp3) is 0.857. The molecule has 1 unspecified atom stereocenters. The fourth-order valence-electron chi connectivity index (χ4n) is 2.55. The SMILES string of the molecule is CCC(C)N(CC(=O)O)C(=O)N1CCCC(C)(C)C1. The number of hydrogen-bond donors (Lipinski definition) is 1. The highest BCUT2D eigenvalue weighted by molar-refractivity contribution is 5.80. The molecule has 5 heteroatoms. The Labute approximate surface area is 115 Å². The maximum Gasteiger partial charge on any atom is 0.323 e. The van der Waals surface area contributed by atoms with E-state index in [0.717, 1.165) is 25.8 Å². The number of rotatable bonds is 4. The molecule has 0 aliphatic carbocycles. The van der Waals surface area contributed by atoms with Gasteiger partial charge in [-0.15, -0.1) is 0 Å². The van der Waals surface area contributed by atoms with Crippen LogP contribution in [0.1, 0.15) is 47.0 Å². The molecule has 0 bridgehead atoms. The summed E-state index contributed by atoms with van der Waals surface area (Å²) in [6.45, 7) is 9.38. The second kappa shape index (κ2) is 6.26. The highest BCUT2D eigenvalue weighted by atomic mass is 16.4. The van der Waals surface area contributed by atoms with Gasteiger partial charge in [-0.2, -0.15) is 0 Å². The van der Waals surface area contributed by atoms with Gasteiger partial charge >= 0.3 is 12.0 Å². The zero-order valence-electron chi connectivity index (χ0n) is 12.5. The number of carbonyl (C=O) groups is 2. The summed E-state index contributed by atoms with van der Waals surface area (Å²) in [5.74, 6) is -0.954. The highest BCUT2D eigenvalue weighted by Crippen LogP contribution is 2.29. The minimum absolute atomic E-state index is 0.0476. The Morgan fingerprint density at radius 3 is 2.53 bits per heavy atom. The number of urea groups is 1. The molecule has 5 nitrogen and oxygen atoms in total. The Morgan fingerprint density at radius 2 is 2.05 bits per heavy atom. The lowest BCUT2D eigenvalue weighted by molar-refractivity contribution is -0.138. The monoisotopic (exact) mass is 270 g/mol. The lowest BCUT2D eigenvalue weighted by Gasteiger charge is -2.41. The number of carbonyl (C=O) groups excluding carboxylic acids is 1. The smallest absolute Gasteiger partial charge is 0.323 e. The van der Waals surface area contributed by atoms with Gasteiger partial charge < -0.3 is 14.9 Å². The van der Waals surface area contributed by atoms with Gasteiger partial charge in [0.15, 0.2) is 0 Å². The minimum atomic E-state index is -0.954. The molecular formula is C14H26N2O3. The highest BCUT2D eigenvalue weighted by Gasteiger charge is 2.33. The molecule has 110 valence electrons. The molecule has 1 aliphatic rings. The van der Waals surface area contributed by atoms with Crippen molar-refractivity contribution < 1.29 is 14.7 Å².